The Morgan fingerprint density at radius 3 is 2.38 bits per heavy atom. The van der Waals surface area contributed by atoms with Crippen molar-refractivity contribution < 1.29 is 19.4 Å². The quantitative estimate of drug-likeness (QED) is 0.159. The van der Waals surface area contributed by atoms with Crippen LogP contribution in [0, 0.1) is 27.7 Å². The molecule has 4 heterocycles. The number of nitrogens with zero attached hydrogens (tertiary/aromatic N) is 5. The molecule has 0 aliphatic carbocycles. The Morgan fingerprint density at radius 2 is 1.72 bits per heavy atom. The molecule has 3 aromatic heterocycles. The van der Waals surface area contributed by atoms with E-state index in [0.29, 0.717) is 47.8 Å². The largest absolute Gasteiger partial charge is 0.494 e. The molecule has 1 aliphatic rings. The van der Waals surface area contributed by atoms with Gasteiger partial charge in [0.1, 0.15) is 17.1 Å². The predicted molar refractivity (Wildman–Crippen MR) is 200 cm³/mol. The number of anilines is 1. The Balaban J connectivity index is 1.38. The number of halogens is 2. The highest BCUT2D eigenvalue weighted by Crippen LogP contribution is 2.45. The van der Waals surface area contributed by atoms with Gasteiger partial charge in [-0.25, -0.2) is 4.79 Å². The normalized spacial score (nSPS) is 14.6. The lowest BCUT2D eigenvalue weighted by atomic mass is 9.98. The van der Waals surface area contributed by atoms with Gasteiger partial charge in [-0.15, -0.1) is 0 Å². The van der Waals surface area contributed by atoms with Gasteiger partial charge in [0.25, 0.3) is 5.91 Å². The molecular weight excluding hydrogens is 673 g/mol. The van der Waals surface area contributed by atoms with E-state index in [4.69, 9.17) is 33.0 Å². The number of aryl methyl sites for hydroxylation is 6. The molecule has 258 valence electrons. The summed E-state index contributed by atoms with van der Waals surface area (Å²) < 4.78 is 11.9. The summed E-state index contributed by atoms with van der Waals surface area (Å²) >= 11 is 13.5. The summed E-state index contributed by atoms with van der Waals surface area (Å²) in [5.41, 5.74) is 9.63. The lowest BCUT2D eigenvalue weighted by Gasteiger charge is -2.34. The van der Waals surface area contributed by atoms with Crippen LogP contribution < -0.4 is 9.64 Å². The highest BCUT2D eigenvalue weighted by atomic mass is 35.5. The third kappa shape index (κ3) is 5.26. The van der Waals surface area contributed by atoms with E-state index in [1.807, 2.05) is 81.9 Å². The molecule has 1 aliphatic heterocycles. The van der Waals surface area contributed by atoms with Crippen molar-refractivity contribution >= 4 is 62.6 Å². The maximum Gasteiger partial charge on any atom is 0.352 e. The van der Waals surface area contributed by atoms with Crippen molar-refractivity contribution in [3.8, 4) is 16.9 Å². The van der Waals surface area contributed by atoms with Gasteiger partial charge in [-0.05, 0) is 101 Å². The van der Waals surface area contributed by atoms with Crippen LogP contribution in [0.2, 0.25) is 10.0 Å². The van der Waals surface area contributed by atoms with Crippen LogP contribution in [0.15, 0.2) is 48.5 Å². The summed E-state index contributed by atoms with van der Waals surface area (Å²) in [7, 11) is 3.65. The van der Waals surface area contributed by atoms with Crippen LogP contribution >= 0.6 is 23.2 Å². The van der Waals surface area contributed by atoms with Gasteiger partial charge in [-0.1, -0.05) is 35.3 Å². The first-order chi connectivity index (χ1) is 23.8. The molecule has 1 amide bonds. The maximum absolute atomic E-state index is 14.9. The van der Waals surface area contributed by atoms with Crippen LogP contribution in [0.3, 0.4) is 0 Å². The summed E-state index contributed by atoms with van der Waals surface area (Å²) in [5.74, 6) is -0.404. The summed E-state index contributed by atoms with van der Waals surface area (Å²) in [6.45, 7) is 10.9. The van der Waals surface area contributed by atoms with Gasteiger partial charge in [-0.2, -0.15) is 5.10 Å². The fourth-order valence-electron chi connectivity index (χ4n) is 7.72. The molecule has 1 atom stereocenters. The van der Waals surface area contributed by atoms with Crippen molar-refractivity contribution in [1.82, 2.24) is 18.9 Å². The van der Waals surface area contributed by atoms with Crippen molar-refractivity contribution in [3.63, 3.8) is 0 Å². The summed E-state index contributed by atoms with van der Waals surface area (Å²) in [6.07, 6.45) is 1.25. The average molecular weight is 713 g/mol. The Morgan fingerprint density at radius 1 is 1.00 bits per heavy atom. The van der Waals surface area contributed by atoms with Crippen LogP contribution in [0.4, 0.5) is 5.69 Å². The van der Waals surface area contributed by atoms with Gasteiger partial charge in [0.15, 0.2) is 0 Å². The number of carbonyl (C=O) groups is 2. The van der Waals surface area contributed by atoms with E-state index < -0.39 is 5.97 Å². The number of aromatic nitrogens is 4. The fourth-order valence-corrected chi connectivity index (χ4v) is 8.08. The number of hydrogen-bond acceptors (Lipinski definition) is 4. The minimum atomic E-state index is -1.02. The van der Waals surface area contributed by atoms with E-state index in [0.717, 1.165) is 66.4 Å². The first-order valence-corrected chi connectivity index (χ1v) is 17.4. The molecule has 7 rings (SSSR count). The number of amides is 1. The first-order valence-electron chi connectivity index (χ1n) is 16.7. The van der Waals surface area contributed by atoms with E-state index in [-0.39, 0.29) is 17.6 Å². The number of rotatable bonds is 8. The molecule has 0 radical (unpaired) electrons. The Labute approximate surface area is 300 Å². The zero-order chi connectivity index (χ0) is 35.8. The Hall–Kier alpha value is -4.73. The molecular formula is C39H39Cl2N5O4. The van der Waals surface area contributed by atoms with Gasteiger partial charge in [0.2, 0.25) is 0 Å². The molecule has 0 saturated heterocycles. The molecule has 0 bridgehead atoms. The Kier molecular flexibility index (Phi) is 8.47. The van der Waals surface area contributed by atoms with Crippen LogP contribution in [0.5, 0.6) is 5.75 Å². The number of fused-ring (bicyclic) bond motifs is 4. The molecule has 0 fully saturated rings. The zero-order valence-corrected chi connectivity index (χ0v) is 30.7. The first kappa shape index (κ1) is 33.8. The van der Waals surface area contributed by atoms with Crippen molar-refractivity contribution in [3.05, 3.63) is 98.0 Å². The zero-order valence-electron chi connectivity index (χ0n) is 29.2. The van der Waals surface area contributed by atoms with Crippen LogP contribution in [0.1, 0.15) is 68.4 Å². The van der Waals surface area contributed by atoms with Gasteiger partial charge in [0.05, 0.1) is 34.0 Å². The SMILES string of the molecule is Cc1cc(OCCCc2c3n(c4c(-c5c(C)nn(C)c5C)c(Cl)ccc24)C(C)CN(c2cccc4c2cc(C(=O)O)n4C)C3=O)cc(C)c1Cl. The minimum Gasteiger partial charge on any atom is -0.494 e. The van der Waals surface area contributed by atoms with Gasteiger partial charge in [0, 0.05) is 59.3 Å². The average Bonchev–Trinajstić information content (AvgIpc) is 3.68. The van der Waals surface area contributed by atoms with E-state index in [1.165, 1.54) is 0 Å². The number of aromatic carboxylic acids is 1. The van der Waals surface area contributed by atoms with Crippen molar-refractivity contribution in [2.45, 2.75) is 53.5 Å². The lowest BCUT2D eigenvalue weighted by Crippen LogP contribution is -2.42. The van der Waals surface area contributed by atoms with Crippen molar-refractivity contribution in [1.29, 1.82) is 0 Å². The summed E-state index contributed by atoms with van der Waals surface area (Å²) in [6, 6.07) is 15.0. The second-order valence-electron chi connectivity index (χ2n) is 13.4. The number of hydrogen-bond donors (Lipinski definition) is 1. The third-order valence-corrected chi connectivity index (χ3v) is 11.0. The van der Waals surface area contributed by atoms with E-state index in [9.17, 15) is 14.7 Å². The summed E-state index contributed by atoms with van der Waals surface area (Å²) in [4.78, 5) is 28.8. The van der Waals surface area contributed by atoms with Crippen molar-refractivity contribution in [2.24, 2.45) is 14.1 Å². The number of carboxylic acids is 1. The smallest absolute Gasteiger partial charge is 0.352 e. The molecule has 0 spiro atoms. The Bertz CT molecular complexity index is 2360. The monoisotopic (exact) mass is 711 g/mol. The second kappa shape index (κ2) is 12.5. The summed E-state index contributed by atoms with van der Waals surface area (Å²) in [5, 5.41) is 17.6. The number of ether oxygens (including phenoxy) is 1. The van der Waals surface area contributed by atoms with Crippen LogP contribution in [-0.2, 0) is 20.5 Å². The fraction of sp³-hybridized carbons (Fsp3) is 0.308. The maximum atomic E-state index is 14.9. The van der Waals surface area contributed by atoms with Gasteiger partial charge < -0.3 is 23.9 Å². The predicted octanol–water partition coefficient (Wildman–Crippen LogP) is 9.01. The molecule has 0 saturated carbocycles. The highest BCUT2D eigenvalue weighted by Gasteiger charge is 2.37. The molecule has 1 unspecified atom stereocenters. The number of carboxylic acid groups (broad SMARTS) is 1. The number of benzene rings is 3. The van der Waals surface area contributed by atoms with Crippen LogP contribution in [0.25, 0.3) is 32.9 Å². The van der Waals surface area contributed by atoms with E-state index >= 15 is 0 Å². The molecule has 50 heavy (non-hydrogen) atoms. The topological polar surface area (TPSA) is 94.5 Å². The standard InChI is InChI=1S/C39H39Cl2N5O4/c1-20-16-25(17-21(2)35(20)41)50-15-9-10-26-27-13-14-29(40)34(33-23(4)42-44(7)24(33)5)36(27)46-22(3)19-45(38(47)37(26)46)31-12-8-11-30-28(31)18-32(39(48)49)43(30)6/h8,11-14,16-18,22H,9-10,15,19H2,1-7H3,(H,48,49). The molecule has 6 aromatic rings. The van der Waals surface area contributed by atoms with Gasteiger partial charge in [-0.3, -0.25) is 9.48 Å². The van der Waals surface area contributed by atoms with E-state index in [1.54, 1.807) is 22.6 Å². The second-order valence-corrected chi connectivity index (χ2v) is 14.2. The number of carbonyl (C=O) groups excluding carboxylic acids is 1. The molecule has 11 heteroatoms. The molecule has 1 N–H and O–H groups in total. The van der Waals surface area contributed by atoms with E-state index in [2.05, 4.69) is 11.5 Å². The third-order valence-electron chi connectivity index (χ3n) is 10.1. The van der Waals surface area contributed by atoms with Crippen LogP contribution in [-0.4, -0.2) is 49.0 Å². The highest BCUT2D eigenvalue weighted by molar-refractivity contribution is 6.35. The molecule has 3 aromatic carbocycles. The van der Waals surface area contributed by atoms with Crippen molar-refractivity contribution in [2.75, 3.05) is 18.1 Å². The minimum absolute atomic E-state index is 0.136. The lowest BCUT2D eigenvalue weighted by molar-refractivity contribution is 0.0686. The molecule has 9 nitrogen and oxygen atoms in total. The van der Waals surface area contributed by atoms with Gasteiger partial charge >= 0.3 is 5.97 Å².